The number of fused-ring (bicyclic) bond motifs is 1. The van der Waals surface area contributed by atoms with Crippen molar-refractivity contribution in [3.8, 4) is 22.5 Å². The minimum absolute atomic E-state index is 0.0188. The van der Waals surface area contributed by atoms with Crippen molar-refractivity contribution in [2.45, 2.75) is 12.8 Å². The van der Waals surface area contributed by atoms with Crippen LogP contribution in [0.3, 0.4) is 0 Å². The topological polar surface area (TPSA) is 78.0 Å². The summed E-state index contributed by atoms with van der Waals surface area (Å²) < 4.78 is 0. The Morgan fingerprint density at radius 2 is 2.04 bits per heavy atom. The van der Waals surface area contributed by atoms with Gasteiger partial charge < -0.3 is 15.4 Å². The van der Waals surface area contributed by atoms with Crippen LogP contribution in [0.4, 0.5) is 0 Å². The first kappa shape index (κ1) is 15.6. The van der Waals surface area contributed by atoms with E-state index in [1.54, 1.807) is 6.20 Å². The van der Waals surface area contributed by atoms with E-state index in [9.17, 15) is 4.79 Å². The third-order valence-electron chi connectivity index (χ3n) is 4.50. The van der Waals surface area contributed by atoms with Crippen LogP contribution in [0, 0.1) is 0 Å². The van der Waals surface area contributed by atoms with Crippen molar-refractivity contribution in [3.05, 3.63) is 65.5 Å². The molecule has 0 saturated heterocycles. The second-order valence-corrected chi connectivity index (χ2v) is 6.18. The van der Waals surface area contributed by atoms with Gasteiger partial charge in [0.1, 0.15) is 0 Å². The highest BCUT2D eigenvalue weighted by Crippen LogP contribution is 2.27. The van der Waals surface area contributed by atoms with Gasteiger partial charge in [0, 0.05) is 48.3 Å². The van der Waals surface area contributed by atoms with E-state index in [4.69, 9.17) is 5.11 Å². The Morgan fingerprint density at radius 3 is 2.88 bits per heavy atom. The van der Waals surface area contributed by atoms with Crippen LogP contribution in [-0.4, -0.2) is 34.1 Å². The van der Waals surface area contributed by atoms with E-state index in [0.29, 0.717) is 13.0 Å². The molecular formula is C20H19N3O2. The third kappa shape index (κ3) is 3.06. The summed E-state index contributed by atoms with van der Waals surface area (Å²) in [4.78, 5) is 19.8. The van der Waals surface area contributed by atoms with Crippen molar-refractivity contribution < 1.29 is 9.90 Å². The molecule has 0 aliphatic carbocycles. The molecule has 1 aliphatic heterocycles. The molecule has 0 atom stereocenters. The van der Waals surface area contributed by atoms with Crippen LogP contribution in [0.25, 0.3) is 22.5 Å². The summed E-state index contributed by atoms with van der Waals surface area (Å²) in [5, 5.41) is 12.0. The molecule has 5 nitrogen and oxygen atoms in total. The quantitative estimate of drug-likeness (QED) is 0.687. The van der Waals surface area contributed by atoms with E-state index >= 15 is 0 Å². The fourth-order valence-corrected chi connectivity index (χ4v) is 3.22. The molecule has 1 amide bonds. The maximum absolute atomic E-state index is 12.0. The minimum atomic E-state index is -0.0188. The summed E-state index contributed by atoms with van der Waals surface area (Å²) >= 11 is 0. The SMILES string of the molecule is O=C1NCCc2[nH]c(-c3ccnc(-c4cccc(CCO)c4)c3)cc21. The Morgan fingerprint density at radius 1 is 1.12 bits per heavy atom. The number of rotatable bonds is 4. The van der Waals surface area contributed by atoms with Gasteiger partial charge in [-0.05, 0) is 36.2 Å². The number of nitrogens with one attached hydrogen (secondary N) is 2. The number of pyridine rings is 1. The van der Waals surface area contributed by atoms with E-state index in [1.165, 1.54) is 0 Å². The second-order valence-electron chi connectivity index (χ2n) is 6.18. The molecule has 0 fully saturated rings. The highest BCUT2D eigenvalue weighted by Gasteiger charge is 2.20. The van der Waals surface area contributed by atoms with Crippen LogP contribution in [0.15, 0.2) is 48.7 Å². The van der Waals surface area contributed by atoms with Crippen molar-refractivity contribution in [2.24, 2.45) is 0 Å². The molecule has 1 aromatic carbocycles. The molecule has 0 unspecified atom stereocenters. The third-order valence-corrected chi connectivity index (χ3v) is 4.50. The standard InChI is InChI=1S/C20H19N3O2/c24-9-6-13-2-1-3-14(10-13)18-11-15(4-7-21-18)19-12-16-17(23-19)5-8-22-20(16)25/h1-4,7,10-12,23-24H,5-6,8-9H2,(H,22,25). The lowest BCUT2D eigenvalue weighted by Crippen LogP contribution is -2.31. The van der Waals surface area contributed by atoms with Gasteiger partial charge in [-0.2, -0.15) is 0 Å². The van der Waals surface area contributed by atoms with Gasteiger partial charge >= 0.3 is 0 Å². The molecule has 0 bridgehead atoms. The maximum atomic E-state index is 12.0. The number of aromatic amines is 1. The van der Waals surface area contributed by atoms with Crippen molar-refractivity contribution in [1.82, 2.24) is 15.3 Å². The number of hydrogen-bond donors (Lipinski definition) is 3. The number of benzene rings is 1. The summed E-state index contributed by atoms with van der Waals surface area (Å²) in [6.07, 6.45) is 3.23. The summed E-state index contributed by atoms with van der Waals surface area (Å²) in [5.74, 6) is -0.0188. The normalized spacial score (nSPS) is 13.4. The Balaban J connectivity index is 1.70. The smallest absolute Gasteiger partial charge is 0.253 e. The first-order valence-corrected chi connectivity index (χ1v) is 8.41. The summed E-state index contributed by atoms with van der Waals surface area (Å²) in [6, 6.07) is 13.9. The Hall–Kier alpha value is -2.92. The molecule has 3 heterocycles. The van der Waals surface area contributed by atoms with Crippen molar-refractivity contribution in [1.29, 1.82) is 0 Å². The predicted molar refractivity (Wildman–Crippen MR) is 96.3 cm³/mol. The molecule has 5 heteroatoms. The molecule has 2 aromatic heterocycles. The lowest BCUT2D eigenvalue weighted by atomic mass is 10.0. The number of hydrogen-bond acceptors (Lipinski definition) is 3. The van der Waals surface area contributed by atoms with Gasteiger partial charge in [0.05, 0.1) is 11.3 Å². The lowest BCUT2D eigenvalue weighted by Gasteiger charge is -2.11. The number of aliphatic hydroxyl groups excluding tert-OH is 1. The number of aromatic nitrogens is 2. The Kier molecular flexibility index (Phi) is 4.07. The van der Waals surface area contributed by atoms with Crippen molar-refractivity contribution in [3.63, 3.8) is 0 Å². The van der Waals surface area contributed by atoms with Gasteiger partial charge in [0.25, 0.3) is 5.91 Å². The number of carbonyl (C=O) groups is 1. The fourth-order valence-electron chi connectivity index (χ4n) is 3.22. The van der Waals surface area contributed by atoms with Crippen LogP contribution in [0.2, 0.25) is 0 Å². The number of aliphatic hydroxyl groups is 1. The number of amides is 1. The van der Waals surface area contributed by atoms with Crippen molar-refractivity contribution >= 4 is 5.91 Å². The number of H-pyrrole nitrogens is 1. The molecule has 126 valence electrons. The van der Waals surface area contributed by atoms with E-state index in [0.717, 1.165) is 45.8 Å². The first-order chi connectivity index (χ1) is 12.2. The molecule has 0 radical (unpaired) electrons. The van der Waals surface area contributed by atoms with Gasteiger partial charge in [0.2, 0.25) is 0 Å². The summed E-state index contributed by atoms with van der Waals surface area (Å²) in [5.41, 5.74) is 6.61. The summed E-state index contributed by atoms with van der Waals surface area (Å²) in [7, 11) is 0. The molecular weight excluding hydrogens is 314 g/mol. The van der Waals surface area contributed by atoms with Gasteiger partial charge in [-0.1, -0.05) is 18.2 Å². The highest BCUT2D eigenvalue weighted by molar-refractivity contribution is 5.97. The van der Waals surface area contributed by atoms with Crippen LogP contribution in [-0.2, 0) is 12.8 Å². The lowest BCUT2D eigenvalue weighted by molar-refractivity contribution is 0.0946. The molecule has 3 aromatic rings. The van der Waals surface area contributed by atoms with E-state index < -0.39 is 0 Å². The van der Waals surface area contributed by atoms with Gasteiger partial charge in [-0.25, -0.2) is 0 Å². The van der Waals surface area contributed by atoms with Crippen molar-refractivity contribution in [2.75, 3.05) is 13.2 Å². The van der Waals surface area contributed by atoms with E-state index in [-0.39, 0.29) is 12.5 Å². The van der Waals surface area contributed by atoms with E-state index in [1.807, 2.05) is 36.4 Å². The molecule has 0 saturated carbocycles. The predicted octanol–water partition coefficient (Wildman–Crippen LogP) is 2.56. The molecule has 25 heavy (non-hydrogen) atoms. The number of carbonyl (C=O) groups excluding carboxylic acids is 1. The zero-order chi connectivity index (χ0) is 17.2. The molecule has 1 aliphatic rings. The zero-order valence-electron chi connectivity index (χ0n) is 13.7. The monoisotopic (exact) mass is 333 g/mol. The maximum Gasteiger partial charge on any atom is 0.253 e. The average Bonchev–Trinajstić information content (AvgIpc) is 3.08. The Bertz CT molecular complexity index is 930. The average molecular weight is 333 g/mol. The highest BCUT2D eigenvalue weighted by atomic mass is 16.3. The molecule has 0 spiro atoms. The minimum Gasteiger partial charge on any atom is -0.396 e. The molecule has 3 N–H and O–H groups in total. The first-order valence-electron chi connectivity index (χ1n) is 8.41. The largest absolute Gasteiger partial charge is 0.396 e. The van der Waals surface area contributed by atoms with Crippen LogP contribution in [0.1, 0.15) is 21.6 Å². The van der Waals surface area contributed by atoms with Crippen LogP contribution in [0.5, 0.6) is 0 Å². The van der Waals surface area contributed by atoms with E-state index in [2.05, 4.69) is 21.4 Å². The van der Waals surface area contributed by atoms with Crippen LogP contribution >= 0.6 is 0 Å². The van der Waals surface area contributed by atoms with Gasteiger partial charge in [0.15, 0.2) is 0 Å². The Labute approximate surface area is 145 Å². The number of nitrogens with zero attached hydrogens (tertiary/aromatic N) is 1. The summed E-state index contributed by atoms with van der Waals surface area (Å²) in [6.45, 7) is 0.804. The van der Waals surface area contributed by atoms with Crippen LogP contribution < -0.4 is 5.32 Å². The second kappa shape index (κ2) is 6.53. The van der Waals surface area contributed by atoms with Gasteiger partial charge in [-0.15, -0.1) is 0 Å². The zero-order valence-corrected chi connectivity index (χ0v) is 13.7. The van der Waals surface area contributed by atoms with Gasteiger partial charge in [-0.3, -0.25) is 9.78 Å². The fraction of sp³-hybridized carbons (Fsp3) is 0.200. The molecule has 4 rings (SSSR count).